The molecule has 0 radical (unpaired) electrons. The molecule has 0 aromatic heterocycles. The third-order valence-electron chi connectivity index (χ3n) is 2.28. The number of carbonyl (C=O) groups is 2. The molecular formula is C8H11NO5. The molecule has 2 aliphatic rings. The molecule has 6 nitrogen and oxygen atoms in total. The minimum atomic E-state index is -1.10. The first-order valence-corrected chi connectivity index (χ1v) is 4.29. The number of carboxylic acids is 1. The van der Waals surface area contributed by atoms with Crippen LogP contribution in [0, 0.1) is 0 Å². The summed E-state index contributed by atoms with van der Waals surface area (Å²) in [6, 6.07) is -1.01. The summed E-state index contributed by atoms with van der Waals surface area (Å²) in [6.45, 7) is 3.30. The molecule has 2 rings (SSSR count). The zero-order valence-corrected chi connectivity index (χ0v) is 7.81. The van der Waals surface area contributed by atoms with Crippen LogP contribution in [0.15, 0.2) is 0 Å². The Morgan fingerprint density at radius 2 is 2.14 bits per heavy atom. The first-order valence-electron chi connectivity index (χ1n) is 4.29. The maximum Gasteiger partial charge on any atom is 0.329 e. The molecule has 0 aromatic rings. The van der Waals surface area contributed by atoms with E-state index in [4.69, 9.17) is 14.6 Å². The second-order valence-corrected chi connectivity index (χ2v) is 3.85. The fourth-order valence-corrected chi connectivity index (χ4v) is 1.76. The summed E-state index contributed by atoms with van der Waals surface area (Å²) >= 11 is 0. The van der Waals surface area contributed by atoms with Crippen molar-refractivity contribution < 1.29 is 24.2 Å². The van der Waals surface area contributed by atoms with E-state index >= 15 is 0 Å². The second kappa shape index (κ2) is 2.68. The standard InChI is InChI=1S/C8H11NO5/c1-8(2)13-4-3(7(11)12)9-6(10)5(4)14-8/h3-5H,1-2H3,(H,9,10)(H,11,12)/t3-,4?,5?/m0/s1. The Hall–Kier alpha value is -1.14. The Bertz CT molecular complexity index is 300. The lowest BCUT2D eigenvalue weighted by atomic mass is 10.1. The lowest BCUT2D eigenvalue weighted by molar-refractivity contribution is -0.167. The van der Waals surface area contributed by atoms with Crippen LogP contribution in [-0.4, -0.2) is 41.0 Å². The highest BCUT2D eigenvalue weighted by molar-refractivity contribution is 5.92. The van der Waals surface area contributed by atoms with Gasteiger partial charge in [-0.1, -0.05) is 0 Å². The summed E-state index contributed by atoms with van der Waals surface area (Å²) in [4.78, 5) is 22.0. The van der Waals surface area contributed by atoms with E-state index in [9.17, 15) is 9.59 Å². The molecule has 0 aliphatic carbocycles. The van der Waals surface area contributed by atoms with Gasteiger partial charge in [0.15, 0.2) is 17.9 Å². The highest BCUT2D eigenvalue weighted by Crippen LogP contribution is 2.33. The van der Waals surface area contributed by atoms with Crippen LogP contribution in [0.2, 0.25) is 0 Å². The van der Waals surface area contributed by atoms with Crippen molar-refractivity contribution >= 4 is 11.9 Å². The maximum absolute atomic E-state index is 11.3. The van der Waals surface area contributed by atoms with Crippen LogP contribution >= 0.6 is 0 Å². The van der Waals surface area contributed by atoms with Gasteiger partial charge in [0.05, 0.1) is 0 Å². The van der Waals surface area contributed by atoms with E-state index in [1.54, 1.807) is 13.8 Å². The molecule has 2 fully saturated rings. The van der Waals surface area contributed by atoms with Crippen LogP contribution < -0.4 is 5.32 Å². The largest absolute Gasteiger partial charge is 0.480 e. The normalized spacial score (nSPS) is 39.3. The fourth-order valence-electron chi connectivity index (χ4n) is 1.76. The van der Waals surface area contributed by atoms with Crippen molar-refractivity contribution in [1.82, 2.24) is 5.32 Å². The molecule has 2 saturated heterocycles. The highest BCUT2D eigenvalue weighted by atomic mass is 16.8. The first-order chi connectivity index (χ1) is 6.41. The van der Waals surface area contributed by atoms with Gasteiger partial charge in [-0.2, -0.15) is 0 Å². The number of amides is 1. The molecule has 0 spiro atoms. The average Bonchev–Trinajstić information content (AvgIpc) is 2.47. The van der Waals surface area contributed by atoms with E-state index in [-0.39, 0.29) is 0 Å². The summed E-state index contributed by atoms with van der Waals surface area (Å²) in [5, 5.41) is 11.1. The van der Waals surface area contributed by atoms with Crippen molar-refractivity contribution in [2.24, 2.45) is 0 Å². The molecule has 2 N–H and O–H groups in total. The highest BCUT2D eigenvalue weighted by Gasteiger charge is 2.56. The minimum Gasteiger partial charge on any atom is -0.480 e. The van der Waals surface area contributed by atoms with E-state index in [0.29, 0.717) is 0 Å². The number of nitrogens with one attached hydrogen (secondary N) is 1. The van der Waals surface area contributed by atoms with E-state index in [0.717, 1.165) is 0 Å². The quantitative estimate of drug-likeness (QED) is 0.573. The summed E-state index contributed by atoms with van der Waals surface area (Å²) in [5.41, 5.74) is 0. The molecule has 2 heterocycles. The molecule has 2 aliphatic heterocycles. The fraction of sp³-hybridized carbons (Fsp3) is 0.750. The van der Waals surface area contributed by atoms with Gasteiger partial charge in [-0.3, -0.25) is 4.79 Å². The minimum absolute atomic E-state index is 0.423. The zero-order chi connectivity index (χ0) is 10.5. The van der Waals surface area contributed by atoms with Crippen LogP contribution in [0.5, 0.6) is 0 Å². The first kappa shape index (κ1) is 9.42. The second-order valence-electron chi connectivity index (χ2n) is 3.85. The number of carboxylic acid groups (broad SMARTS) is 1. The van der Waals surface area contributed by atoms with E-state index in [2.05, 4.69) is 5.32 Å². The molecule has 3 atom stereocenters. The van der Waals surface area contributed by atoms with Gasteiger partial charge in [-0.25, -0.2) is 4.79 Å². The smallest absolute Gasteiger partial charge is 0.329 e. The number of fused-ring (bicyclic) bond motifs is 1. The lowest BCUT2D eigenvalue weighted by Crippen LogP contribution is -2.42. The number of carbonyl (C=O) groups excluding carboxylic acids is 1. The van der Waals surface area contributed by atoms with Crippen LogP contribution in [-0.2, 0) is 19.1 Å². The van der Waals surface area contributed by atoms with Crippen molar-refractivity contribution in [2.75, 3.05) is 0 Å². The van der Waals surface area contributed by atoms with Crippen molar-refractivity contribution in [1.29, 1.82) is 0 Å². The molecule has 6 heteroatoms. The van der Waals surface area contributed by atoms with Crippen LogP contribution in [0.4, 0.5) is 0 Å². The molecule has 78 valence electrons. The van der Waals surface area contributed by atoms with E-state index < -0.39 is 35.9 Å². The monoisotopic (exact) mass is 201 g/mol. The van der Waals surface area contributed by atoms with Crippen LogP contribution in [0.3, 0.4) is 0 Å². The van der Waals surface area contributed by atoms with Gasteiger partial charge < -0.3 is 19.9 Å². The molecule has 0 bridgehead atoms. The number of rotatable bonds is 1. The molecule has 1 amide bonds. The topological polar surface area (TPSA) is 84.9 Å². The van der Waals surface area contributed by atoms with Gasteiger partial charge in [0.2, 0.25) is 0 Å². The van der Waals surface area contributed by atoms with Gasteiger partial charge >= 0.3 is 5.97 Å². The molecular weight excluding hydrogens is 190 g/mol. The van der Waals surface area contributed by atoms with E-state index in [1.165, 1.54) is 0 Å². The summed E-state index contributed by atoms with van der Waals surface area (Å²) in [7, 11) is 0. The Morgan fingerprint density at radius 1 is 1.50 bits per heavy atom. The maximum atomic E-state index is 11.3. The summed E-state index contributed by atoms with van der Waals surface area (Å²) in [6.07, 6.45) is -1.53. The van der Waals surface area contributed by atoms with Gasteiger partial charge in [0, 0.05) is 0 Å². The summed E-state index contributed by atoms with van der Waals surface area (Å²) < 4.78 is 10.6. The third kappa shape index (κ3) is 1.27. The molecule has 0 saturated carbocycles. The SMILES string of the molecule is CC1(C)OC2C(=O)N[C@H](C(=O)O)C2O1. The zero-order valence-electron chi connectivity index (χ0n) is 7.81. The number of aliphatic carboxylic acids is 1. The van der Waals surface area contributed by atoms with Crippen LogP contribution in [0.25, 0.3) is 0 Å². The number of ether oxygens (including phenoxy) is 2. The number of hydrogen-bond donors (Lipinski definition) is 2. The summed E-state index contributed by atoms with van der Waals surface area (Å²) in [5.74, 6) is -2.42. The molecule has 0 aromatic carbocycles. The predicted molar refractivity (Wildman–Crippen MR) is 43.4 cm³/mol. The third-order valence-corrected chi connectivity index (χ3v) is 2.28. The van der Waals surface area contributed by atoms with Gasteiger partial charge in [-0.05, 0) is 13.8 Å². The average molecular weight is 201 g/mol. The van der Waals surface area contributed by atoms with Crippen molar-refractivity contribution in [2.45, 2.75) is 37.9 Å². The van der Waals surface area contributed by atoms with E-state index in [1.807, 2.05) is 0 Å². The predicted octanol–water partition coefficient (Wildman–Crippen LogP) is -0.910. The Balaban J connectivity index is 2.23. The number of hydrogen-bond acceptors (Lipinski definition) is 4. The van der Waals surface area contributed by atoms with Gasteiger partial charge in [0.1, 0.15) is 6.10 Å². The Kier molecular flexibility index (Phi) is 1.80. The van der Waals surface area contributed by atoms with Crippen molar-refractivity contribution in [3.05, 3.63) is 0 Å². The molecule has 14 heavy (non-hydrogen) atoms. The molecule has 2 unspecified atom stereocenters. The Morgan fingerprint density at radius 3 is 2.71 bits per heavy atom. The van der Waals surface area contributed by atoms with Crippen LogP contribution in [0.1, 0.15) is 13.8 Å². The van der Waals surface area contributed by atoms with Crippen molar-refractivity contribution in [3.8, 4) is 0 Å². The van der Waals surface area contributed by atoms with Gasteiger partial charge in [-0.15, -0.1) is 0 Å². The lowest BCUT2D eigenvalue weighted by Gasteiger charge is -2.19. The van der Waals surface area contributed by atoms with Crippen molar-refractivity contribution in [3.63, 3.8) is 0 Å². The Labute approximate surface area is 80.2 Å². The van der Waals surface area contributed by atoms with Gasteiger partial charge in [0.25, 0.3) is 5.91 Å².